The third-order valence-corrected chi connectivity index (χ3v) is 4.31. The van der Waals surface area contributed by atoms with Crippen molar-refractivity contribution in [3.63, 3.8) is 0 Å². The molecule has 2 rings (SSSR count). The lowest BCUT2D eigenvalue weighted by Crippen LogP contribution is -2.33. The topological polar surface area (TPSA) is 24.5 Å². The number of hydrogen-bond donors (Lipinski definition) is 1. The van der Waals surface area contributed by atoms with Crippen molar-refractivity contribution in [3.8, 4) is 0 Å². The van der Waals surface area contributed by atoms with E-state index < -0.39 is 0 Å². The Morgan fingerprint density at radius 1 is 1.32 bits per heavy atom. The minimum atomic E-state index is -0.102. The highest BCUT2D eigenvalue weighted by molar-refractivity contribution is 5.50. The van der Waals surface area contributed by atoms with Crippen LogP contribution in [0.3, 0.4) is 0 Å². The molecule has 0 atom stereocenters. The number of hydrogen-bond acceptors (Lipinski definition) is 3. The molecule has 0 unspecified atom stereocenters. The molecule has 1 fully saturated rings. The summed E-state index contributed by atoms with van der Waals surface area (Å²) in [5.41, 5.74) is 1.91. The van der Waals surface area contributed by atoms with E-state index in [0.29, 0.717) is 0 Å². The van der Waals surface area contributed by atoms with Crippen LogP contribution in [0.4, 0.5) is 10.1 Å². The zero-order valence-electron chi connectivity index (χ0n) is 13.9. The SMILES string of the molecule is CCOCCCNCc1ccc(F)c(N2CCC(C)CC2)c1. The molecular weight excluding hydrogens is 279 g/mol. The van der Waals surface area contributed by atoms with E-state index in [1.807, 2.05) is 19.1 Å². The molecule has 0 radical (unpaired) electrons. The Morgan fingerprint density at radius 3 is 2.82 bits per heavy atom. The fourth-order valence-corrected chi connectivity index (χ4v) is 2.84. The van der Waals surface area contributed by atoms with Crippen molar-refractivity contribution < 1.29 is 9.13 Å². The van der Waals surface area contributed by atoms with Crippen molar-refractivity contribution in [2.75, 3.05) is 37.7 Å². The summed E-state index contributed by atoms with van der Waals surface area (Å²) in [6.07, 6.45) is 3.31. The Kier molecular flexibility index (Phi) is 7.13. The van der Waals surface area contributed by atoms with Crippen molar-refractivity contribution in [1.29, 1.82) is 0 Å². The average molecular weight is 308 g/mol. The molecule has 0 spiro atoms. The quantitative estimate of drug-likeness (QED) is 0.743. The smallest absolute Gasteiger partial charge is 0.146 e. The van der Waals surface area contributed by atoms with Gasteiger partial charge in [-0.3, -0.25) is 0 Å². The first-order valence-corrected chi connectivity index (χ1v) is 8.52. The number of nitrogens with zero attached hydrogens (tertiary/aromatic N) is 1. The molecule has 1 saturated heterocycles. The number of piperidine rings is 1. The summed E-state index contributed by atoms with van der Waals surface area (Å²) in [6, 6.07) is 5.48. The first kappa shape index (κ1) is 17.2. The van der Waals surface area contributed by atoms with E-state index in [2.05, 4.69) is 17.1 Å². The summed E-state index contributed by atoms with van der Waals surface area (Å²) in [5.74, 6) is 0.657. The lowest BCUT2D eigenvalue weighted by atomic mass is 9.98. The molecule has 0 saturated carbocycles. The third kappa shape index (κ3) is 5.25. The molecule has 3 nitrogen and oxygen atoms in total. The molecular formula is C18H29FN2O. The van der Waals surface area contributed by atoms with Gasteiger partial charge in [0.05, 0.1) is 5.69 Å². The monoisotopic (exact) mass is 308 g/mol. The summed E-state index contributed by atoms with van der Waals surface area (Å²) in [4.78, 5) is 2.19. The molecule has 0 bridgehead atoms. The number of anilines is 1. The molecule has 0 amide bonds. The van der Waals surface area contributed by atoms with E-state index in [1.165, 1.54) is 0 Å². The zero-order chi connectivity index (χ0) is 15.8. The second kappa shape index (κ2) is 9.11. The van der Waals surface area contributed by atoms with E-state index >= 15 is 0 Å². The summed E-state index contributed by atoms with van der Waals surface area (Å²) in [6.45, 7) is 9.48. The molecule has 0 aromatic heterocycles. The van der Waals surface area contributed by atoms with Crippen LogP contribution in [-0.4, -0.2) is 32.8 Å². The molecule has 1 aliphatic rings. The summed E-state index contributed by atoms with van der Waals surface area (Å²) >= 11 is 0. The zero-order valence-corrected chi connectivity index (χ0v) is 13.9. The molecule has 1 heterocycles. The molecule has 1 aromatic carbocycles. The van der Waals surface area contributed by atoms with Crippen molar-refractivity contribution in [1.82, 2.24) is 5.32 Å². The Bertz CT molecular complexity index is 445. The van der Waals surface area contributed by atoms with Crippen LogP contribution in [0.5, 0.6) is 0 Å². The highest BCUT2D eigenvalue weighted by Gasteiger charge is 2.18. The summed E-state index contributed by atoms with van der Waals surface area (Å²) in [7, 11) is 0. The highest BCUT2D eigenvalue weighted by Crippen LogP contribution is 2.26. The van der Waals surface area contributed by atoms with Gasteiger partial charge in [-0.25, -0.2) is 4.39 Å². The number of benzene rings is 1. The predicted molar refractivity (Wildman–Crippen MR) is 89.8 cm³/mol. The normalized spacial score (nSPS) is 16.2. The second-order valence-corrected chi connectivity index (χ2v) is 6.18. The highest BCUT2D eigenvalue weighted by atomic mass is 19.1. The van der Waals surface area contributed by atoms with E-state index in [0.717, 1.165) is 75.8 Å². The largest absolute Gasteiger partial charge is 0.382 e. The lowest BCUT2D eigenvalue weighted by Gasteiger charge is -2.32. The fourth-order valence-electron chi connectivity index (χ4n) is 2.84. The lowest BCUT2D eigenvalue weighted by molar-refractivity contribution is 0.144. The molecule has 1 aromatic rings. The predicted octanol–water partition coefficient (Wildman–Crippen LogP) is 3.58. The van der Waals surface area contributed by atoms with Crippen molar-refractivity contribution in [2.24, 2.45) is 5.92 Å². The van der Waals surface area contributed by atoms with Gasteiger partial charge in [0.1, 0.15) is 5.82 Å². The Morgan fingerprint density at radius 2 is 2.09 bits per heavy atom. The summed E-state index contributed by atoms with van der Waals surface area (Å²) in [5, 5.41) is 3.40. The van der Waals surface area contributed by atoms with Crippen LogP contribution in [0, 0.1) is 11.7 Å². The van der Waals surface area contributed by atoms with Gasteiger partial charge in [-0.15, -0.1) is 0 Å². The van der Waals surface area contributed by atoms with Crippen LogP contribution in [-0.2, 0) is 11.3 Å². The van der Waals surface area contributed by atoms with Gasteiger partial charge >= 0.3 is 0 Å². The van der Waals surface area contributed by atoms with Crippen LogP contribution in [0.15, 0.2) is 18.2 Å². The maximum Gasteiger partial charge on any atom is 0.146 e. The fraction of sp³-hybridized carbons (Fsp3) is 0.667. The van der Waals surface area contributed by atoms with Crippen molar-refractivity contribution in [2.45, 2.75) is 39.7 Å². The van der Waals surface area contributed by atoms with E-state index in [9.17, 15) is 4.39 Å². The maximum absolute atomic E-state index is 14.1. The van der Waals surface area contributed by atoms with E-state index in [1.54, 1.807) is 6.07 Å². The van der Waals surface area contributed by atoms with Crippen LogP contribution >= 0.6 is 0 Å². The van der Waals surface area contributed by atoms with Crippen LogP contribution in [0.2, 0.25) is 0 Å². The van der Waals surface area contributed by atoms with Crippen LogP contribution in [0.1, 0.15) is 38.7 Å². The number of rotatable bonds is 8. The van der Waals surface area contributed by atoms with Crippen LogP contribution in [0.25, 0.3) is 0 Å². The molecule has 22 heavy (non-hydrogen) atoms. The molecule has 1 aliphatic heterocycles. The van der Waals surface area contributed by atoms with Crippen molar-refractivity contribution in [3.05, 3.63) is 29.6 Å². The van der Waals surface area contributed by atoms with Crippen LogP contribution < -0.4 is 10.2 Å². The Hall–Kier alpha value is -1.13. The average Bonchev–Trinajstić information content (AvgIpc) is 2.53. The Balaban J connectivity index is 1.84. The first-order chi connectivity index (χ1) is 10.7. The van der Waals surface area contributed by atoms with Gasteiger partial charge in [0.25, 0.3) is 0 Å². The number of halogens is 1. The molecule has 1 N–H and O–H groups in total. The minimum absolute atomic E-state index is 0.102. The summed E-state index contributed by atoms with van der Waals surface area (Å²) < 4.78 is 19.4. The Labute approximate surface area is 133 Å². The third-order valence-electron chi connectivity index (χ3n) is 4.31. The van der Waals surface area contributed by atoms with Gasteiger partial charge < -0.3 is 15.0 Å². The van der Waals surface area contributed by atoms with Gasteiger partial charge in [-0.1, -0.05) is 13.0 Å². The standard InChI is InChI=1S/C18H29FN2O/c1-3-22-12-4-9-20-14-16-5-6-17(19)18(13-16)21-10-7-15(2)8-11-21/h5-6,13,15,20H,3-4,7-12,14H2,1-2H3. The van der Waals surface area contributed by atoms with E-state index in [4.69, 9.17) is 4.74 Å². The van der Waals surface area contributed by atoms with Crippen molar-refractivity contribution >= 4 is 5.69 Å². The minimum Gasteiger partial charge on any atom is -0.382 e. The maximum atomic E-state index is 14.1. The molecule has 4 heteroatoms. The van der Waals surface area contributed by atoms with Gasteiger partial charge in [-0.05, 0) is 56.3 Å². The van der Waals surface area contributed by atoms with Gasteiger partial charge in [0.2, 0.25) is 0 Å². The molecule has 0 aliphatic carbocycles. The first-order valence-electron chi connectivity index (χ1n) is 8.52. The van der Waals surface area contributed by atoms with Gasteiger partial charge in [0.15, 0.2) is 0 Å². The van der Waals surface area contributed by atoms with Gasteiger partial charge in [0, 0.05) is 32.8 Å². The molecule has 124 valence electrons. The number of ether oxygens (including phenoxy) is 1. The second-order valence-electron chi connectivity index (χ2n) is 6.18. The number of nitrogens with one attached hydrogen (secondary N) is 1. The van der Waals surface area contributed by atoms with Gasteiger partial charge in [-0.2, -0.15) is 0 Å². The van der Waals surface area contributed by atoms with E-state index in [-0.39, 0.29) is 5.82 Å².